The third-order valence-corrected chi connectivity index (χ3v) is 3.79. The lowest BCUT2D eigenvalue weighted by Crippen LogP contribution is -2.46. The molecule has 17 heavy (non-hydrogen) atoms. The van der Waals surface area contributed by atoms with Gasteiger partial charge in [0, 0.05) is 31.6 Å². The third kappa shape index (κ3) is 3.68. The van der Waals surface area contributed by atoms with Crippen LogP contribution in [-0.2, 0) is 9.53 Å². The second-order valence-corrected chi connectivity index (χ2v) is 5.22. The molecule has 0 aromatic rings. The summed E-state index contributed by atoms with van der Waals surface area (Å²) in [7, 11) is 0. The average Bonchev–Trinajstić information content (AvgIpc) is 2.55. The summed E-state index contributed by atoms with van der Waals surface area (Å²) in [6, 6.07) is 0.626. The first kappa shape index (κ1) is 12.8. The molecular formula is C13H24N2O2. The number of nitrogens with one attached hydrogen (secondary N) is 1. The average molecular weight is 240 g/mol. The Morgan fingerprint density at radius 1 is 1.41 bits per heavy atom. The molecule has 98 valence electrons. The summed E-state index contributed by atoms with van der Waals surface area (Å²) in [5.74, 6) is 0.294. The number of ether oxygens (including phenoxy) is 1. The molecule has 0 spiro atoms. The minimum atomic E-state index is 0.215. The van der Waals surface area contributed by atoms with Gasteiger partial charge in [0.25, 0.3) is 0 Å². The number of likely N-dealkylation sites (tertiary alicyclic amines) is 1. The van der Waals surface area contributed by atoms with E-state index in [9.17, 15) is 4.79 Å². The van der Waals surface area contributed by atoms with Gasteiger partial charge in [0.1, 0.15) is 0 Å². The van der Waals surface area contributed by atoms with E-state index in [1.165, 1.54) is 12.8 Å². The molecule has 2 fully saturated rings. The topological polar surface area (TPSA) is 41.6 Å². The summed E-state index contributed by atoms with van der Waals surface area (Å²) in [6.07, 6.45) is 5.42. The van der Waals surface area contributed by atoms with Crippen molar-refractivity contribution in [2.24, 2.45) is 0 Å². The molecule has 2 heterocycles. The maximum Gasteiger partial charge on any atom is 0.224 e. The molecule has 2 rings (SSSR count). The van der Waals surface area contributed by atoms with Crippen LogP contribution < -0.4 is 5.32 Å². The van der Waals surface area contributed by atoms with Crippen molar-refractivity contribution in [3.8, 4) is 0 Å². The Morgan fingerprint density at radius 2 is 2.29 bits per heavy atom. The number of morpholine rings is 1. The van der Waals surface area contributed by atoms with Crippen molar-refractivity contribution in [2.75, 3.05) is 26.3 Å². The van der Waals surface area contributed by atoms with Crippen molar-refractivity contribution in [3.63, 3.8) is 0 Å². The van der Waals surface area contributed by atoms with Gasteiger partial charge in [0.15, 0.2) is 0 Å². The van der Waals surface area contributed by atoms with E-state index in [4.69, 9.17) is 4.74 Å². The largest absolute Gasteiger partial charge is 0.378 e. The van der Waals surface area contributed by atoms with E-state index < -0.39 is 0 Å². The van der Waals surface area contributed by atoms with Crippen LogP contribution in [-0.4, -0.2) is 49.2 Å². The molecule has 4 nitrogen and oxygen atoms in total. The van der Waals surface area contributed by atoms with Gasteiger partial charge in [-0.25, -0.2) is 0 Å². The van der Waals surface area contributed by atoms with Crippen LogP contribution in [0.1, 0.15) is 39.0 Å². The highest BCUT2D eigenvalue weighted by Crippen LogP contribution is 2.17. The summed E-state index contributed by atoms with van der Waals surface area (Å²) in [6.45, 7) is 5.42. The number of nitrogens with zero attached hydrogens (tertiary/aromatic N) is 1. The summed E-state index contributed by atoms with van der Waals surface area (Å²) in [5.41, 5.74) is 0. The lowest BCUT2D eigenvalue weighted by atomic mass is 10.1. The van der Waals surface area contributed by atoms with Gasteiger partial charge in [-0.1, -0.05) is 12.8 Å². The number of hydrogen-bond acceptors (Lipinski definition) is 3. The molecule has 2 atom stereocenters. The van der Waals surface area contributed by atoms with Crippen molar-refractivity contribution in [2.45, 2.75) is 51.1 Å². The molecule has 0 radical (unpaired) electrons. The molecule has 4 heteroatoms. The number of hydrogen-bond donors (Lipinski definition) is 1. The van der Waals surface area contributed by atoms with E-state index in [0.717, 1.165) is 32.5 Å². The summed E-state index contributed by atoms with van der Waals surface area (Å²) in [5, 5.41) is 3.35. The molecule has 0 aromatic carbocycles. The Labute approximate surface area is 104 Å². The normalized spacial score (nSPS) is 31.0. The smallest absolute Gasteiger partial charge is 0.224 e. The Morgan fingerprint density at radius 3 is 3.06 bits per heavy atom. The number of carbonyl (C=O) groups is 1. The minimum Gasteiger partial charge on any atom is -0.378 e. The van der Waals surface area contributed by atoms with Crippen molar-refractivity contribution in [1.29, 1.82) is 0 Å². The Balaban J connectivity index is 1.84. The summed E-state index contributed by atoms with van der Waals surface area (Å²) < 4.78 is 5.39. The van der Waals surface area contributed by atoms with E-state index in [0.29, 0.717) is 25.0 Å². The fourth-order valence-corrected chi connectivity index (χ4v) is 2.72. The maximum absolute atomic E-state index is 12.3. The first-order chi connectivity index (χ1) is 8.27. The Kier molecular flexibility index (Phi) is 4.80. The van der Waals surface area contributed by atoms with Gasteiger partial charge in [-0.2, -0.15) is 0 Å². The second-order valence-electron chi connectivity index (χ2n) is 5.22. The molecule has 0 bridgehead atoms. The molecule has 2 aliphatic rings. The zero-order valence-electron chi connectivity index (χ0n) is 10.8. The van der Waals surface area contributed by atoms with Gasteiger partial charge in [-0.15, -0.1) is 0 Å². The van der Waals surface area contributed by atoms with E-state index in [2.05, 4.69) is 17.1 Å². The number of rotatable bonds is 2. The van der Waals surface area contributed by atoms with Gasteiger partial charge >= 0.3 is 0 Å². The van der Waals surface area contributed by atoms with Crippen molar-refractivity contribution < 1.29 is 9.53 Å². The van der Waals surface area contributed by atoms with Gasteiger partial charge in [0.05, 0.1) is 13.2 Å². The molecule has 1 N–H and O–H groups in total. The molecule has 2 aliphatic heterocycles. The van der Waals surface area contributed by atoms with E-state index in [-0.39, 0.29) is 6.04 Å². The highest BCUT2D eigenvalue weighted by atomic mass is 16.5. The molecular weight excluding hydrogens is 216 g/mol. The molecule has 1 amide bonds. The molecule has 0 saturated carbocycles. The van der Waals surface area contributed by atoms with Gasteiger partial charge in [-0.05, 0) is 19.8 Å². The van der Waals surface area contributed by atoms with Crippen LogP contribution in [0.25, 0.3) is 0 Å². The predicted octanol–water partition coefficient (Wildman–Crippen LogP) is 1.16. The van der Waals surface area contributed by atoms with Crippen LogP contribution in [0.3, 0.4) is 0 Å². The standard InChI is InChI=1S/C13H24N2O2/c1-11-5-3-2-4-7-15(11)13(16)9-12-10-17-8-6-14-12/h11-12,14H,2-10H2,1H3. The van der Waals surface area contributed by atoms with Gasteiger partial charge < -0.3 is 15.0 Å². The van der Waals surface area contributed by atoms with Crippen LogP contribution in [0, 0.1) is 0 Å². The maximum atomic E-state index is 12.3. The minimum absolute atomic E-state index is 0.215. The van der Waals surface area contributed by atoms with Crippen molar-refractivity contribution in [3.05, 3.63) is 0 Å². The lowest BCUT2D eigenvalue weighted by molar-refractivity contribution is -0.134. The fourth-order valence-electron chi connectivity index (χ4n) is 2.72. The third-order valence-electron chi connectivity index (χ3n) is 3.79. The van der Waals surface area contributed by atoms with E-state index in [1.807, 2.05) is 0 Å². The number of carbonyl (C=O) groups excluding carboxylic acids is 1. The van der Waals surface area contributed by atoms with Crippen LogP contribution in [0.4, 0.5) is 0 Å². The SMILES string of the molecule is CC1CCCCCN1C(=O)CC1COCCN1. The summed E-state index contributed by atoms with van der Waals surface area (Å²) >= 11 is 0. The zero-order valence-corrected chi connectivity index (χ0v) is 10.8. The van der Waals surface area contributed by atoms with Crippen LogP contribution >= 0.6 is 0 Å². The lowest BCUT2D eigenvalue weighted by Gasteiger charge is -2.30. The van der Waals surface area contributed by atoms with E-state index in [1.54, 1.807) is 0 Å². The quantitative estimate of drug-likeness (QED) is 0.787. The molecule has 0 aromatic heterocycles. The van der Waals surface area contributed by atoms with Crippen LogP contribution in [0.5, 0.6) is 0 Å². The Hall–Kier alpha value is -0.610. The number of amides is 1. The highest BCUT2D eigenvalue weighted by Gasteiger charge is 2.25. The summed E-state index contributed by atoms with van der Waals surface area (Å²) in [4.78, 5) is 14.3. The monoisotopic (exact) mass is 240 g/mol. The fraction of sp³-hybridized carbons (Fsp3) is 0.923. The second kappa shape index (κ2) is 6.36. The van der Waals surface area contributed by atoms with Gasteiger partial charge in [0.2, 0.25) is 5.91 Å². The van der Waals surface area contributed by atoms with Crippen molar-refractivity contribution in [1.82, 2.24) is 10.2 Å². The molecule has 2 unspecified atom stereocenters. The first-order valence-electron chi connectivity index (χ1n) is 6.88. The highest BCUT2D eigenvalue weighted by molar-refractivity contribution is 5.77. The zero-order chi connectivity index (χ0) is 12.1. The van der Waals surface area contributed by atoms with Crippen molar-refractivity contribution >= 4 is 5.91 Å². The molecule has 0 aliphatic carbocycles. The molecule has 2 saturated heterocycles. The predicted molar refractivity (Wildman–Crippen MR) is 66.9 cm³/mol. The van der Waals surface area contributed by atoms with Gasteiger partial charge in [-0.3, -0.25) is 4.79 Å². The Bertz CT molecular complexity index is 252. The van der Waals surface area contributed by atoms with Crippen LogP contribution in [0.2, 0.25) is 0 Å². The van der Waals surface area contributed by atoms with E-state index >= 15 is 0 Å². The van der Waals surface area contributed by atoms with Crippen LogP contribution in [0.15, 0.2) is 0 Å². The first-order valence-corrected chi connectivity index (χ1v) is 6.88.